The molecule has 1 N–H and O–H groups in total. The van der Waals surface area contributed by atoms with Crippen molar-refractivity contribution in [1.29, 1.82) is 0 Å². The summed E-state index contributed by atoms with van der Waals surface area (Å²) in [6, 6.07) is 19.4. The number of thiocarbonyl (C=S) groups is 1. The minimum atomic E-state index is -0.407. The lowest BCUT2D eigenvalue weighted by atomic mass is 10.0. The van der Waals surface area contributed by atoms with Gasteiger partial charge in [0.05, 0.1) is 17.3 Å². The van der Waals surface area contributed by atoms with Crippen LogP contribution in [-0.4, -0.2) is 10.1 Å². The maximum atomic E-state index is 14.5. The zero-order chi connectivity index (χ0) is 22.2. The molecular formula is C24H16BrF2N3OS. The van der Waals surface area contributed by atoms with E-state index in [-0.39, 0.29) is 11.9 Å². The first-order valence-corrected chi connectivity index (χ1v) is 11.0. The number of halogens is 3. The minimum Gasteiger partial charge on any atom is -0.459 e. The van der Waals surface area contributed by atoms with Crippen molar-refractivity contribution in [2.75, 3.05) is 4.90 Å². The molecule has 0 unspecified atom stereocenters. The molecule has 1 aliphatic heterocycles. The van der Waals surface area contributed by atoms with Gasteiger partial charge in [-0.25, -0.2) is 8.78 Å². The fraction of sp³-hybridized carbons (Fsp3) is 0.0833. The monoisotopic (exact) mass is 511 g/mol. The van der Waals surface area contributed by atoms with E-state index in [2.05, 4.69) is 26.2 Å². The van der Waals surface area contributed by atoms with E-state index in [1.807, 2.05) is 29.2 Å². The lowest BCUT2D eigenvalue weighted by Gasteiger charge is -2.26. The molecule has 4 aromatic rings. The Labute approximate surface area is 197 Å². The van der Waals surface area contributed by atoms with Gasteiger partial charge in [-0.05, 0) is 78.9 Å². The Morgan fingerprint density at radius 1 is 1.00 bits per heavy atom. The highest BCUT2D eigenvalue weighted by Gasteiger charge is 2.42. The Kier molecular flexibility index (Phi) is 5.48. The number of pyridine rings is 1. The molecule has 2 aromatic heterocycles. The summed E-state index contributed by atoms with van der Waals surface area (Å²) < 4.78 is 34.9. The van der Waals surface area contributed by atoms with Crippen molar-refractivity contribution >= 4 is 38.9 Å². The second kappa shape index (κ2) is 8.44. The van der Waals surface area contributed by atoms with Crippen LogP contribution in [0.1, 0.15) is 23.5 Å². The number of hydrogen-bond donors (Lipinski definition) is 1. The summed E-state index contributed by atoms with van der Waals surface area (Å²) in [4.78, 5) is 6.36. The van der Waals surface area contributed by atoms with Crippen molar-refractivity contribution in [3.05, 3.63) is 107 Å². The van der Waals surface area contributed by atoms with E-state index in [9.17, 15) is 8.78 Å². The summed E-state index contributed by atoms with van der Waals surface area (Å²) >= 11 is 8.90. The molecule has 3 heterocycles. The van der Waals surface area contributed by atoms with Crippen LogP contribution in [-0.2, 0) is 0 Å². The Bertz CT molecular complexity index is 1280. The molecule has 160 valence electrons. The van der Waals surface area contributed by atoms with E-state index in [0.29, 0.717) is 32.4 Å². The number of hydrogen-bond acceptors (Lipinski definition) is 3. The maximum Gasteiger partial charge on any atom is 0.174 e. The van der Waals surface area contributed by atoms with Crippen LogP contribution in [0.25, 0.3) is 11.3 Å². The first-order chi connectivity index (χ1) is 15.5. The van der Waals surface area contributed by atoms with Crippen molar-refractivity contribution in [1.82, 2.24) is 10.3 Å². The van der Waals surface area contributed by atoms with Gasteiger partial charge in [0.25, 0.3) is 0 Å². The van der Waals surface area contributed by atoms with E-state index in [1.165, 1.54) is 18.2 Å². The first-order valence-electron chi connectivity index (χ1n) is 9.82. The van der Waals surface area contributed by atoms with Gasteiger partial charge in [-0.15, -0.1) is 0 Å². The molecule has 0 amide bonds. The maximum absolute atomic E-state index is 14.5. The molecule has 0 bridgehead atoms. The number of benzene rings is 2. The summed E-state index contributed by atoms with van der Waals surface area (Å²) in [5, 5.41) is 3.77. The van der Waals surface area contributed by atoms with Crippen LogP contribution in [0.2, 0.25) is 0 Å². The topological polar surface area (TPSA) is 41.3 Å². The van der Waals surface area contributed by atoms with Crippen LogP contribution < -0.4 is 10.2 Å². The van der Waals surface area contributed by atoms with Gasteiger partial charge in [0.1, 0.15) is 29.2 Å². The highest BCUT2D eigenvalue weighted by Crippen LogP contribution is 2.43. The lowest BCUT2D eigenvalue weighted by molar-refractivity contribution is 0.438. The number of nitrogens with one attached hydrogen (secondary N) is 1. The SMILES string of the molecule is Fc1ccc(N2C(=S)N[C@@H](c3ccccn3)[C@@H]2c2ccc(-c3ccc(Br)cc3F)o2)cc1. The fourth-order valence-electron chi connectivity index (χ4n) is 3.87. The third kappa shape index (κ3) is 3.80. The Balaban J connectivity index is 1.60. The number of nitrogens with zero attached hydrogens (tertiary/aromatic N) is 2. The van der Waals surface area contributed by atoms with E-state index in [4.69, 9.17) is 16.6 Å². The third-order valence-corrected chi connectivity index (χ3v) is 6.13. The van der Waals surface area contributed by atoms with Gasteiger partial charge < -0.3 is 14.6 Å². The highest BCUT2D eigenvalue weighted by atomic mass is 79.9. The molecule has 0 spiro atoms. The molecule has 2 atom stereocenters. The number of furan rings is 1. The smallest absolute Gasteiger partial charge is 0.174 e. The van der Waals surface area contributed by atoms with Crippen LogP contribution in [0.4, 0.5) is 14.5 Å². The Hall–Kier alpha value is -3.10. The molecule has 1 fully saturated rings. The summed E-state index contributed by atoms with van der Waals surface area (Å²) in [5.41, 5.74) is 1.84. The van der Waals surface area contributed by atoms with Gasteiger partial charge >= 0.3 is 0 Å². The molecule has 0 aliphatic carbocycles. The van der Waals surface area contributed by atoms with Crippen molar-refractivity contribution < 1.29 is 13.2 Å². The number of aromatic nitrogens is 1. The molecule has 2 aromatic carbocycles. The summed E-state index contributed by atoms with van der Waals surface area (Å²) in [5.74, 6) is 0.254. The Morgan fingerprint density at radius 2 is 1.81 bits per heavy atom. The van der Waals surface area contributed by atoms with Crippen molar-refractivity contribution in [2.45, 2.75) is 12.1 Å². The summed E-state index contributed by atoms with van der Waals surface area (Å²) in [6.07, 6.45) is 1.71. The van der Waals surface area contributed by atoms with Gasteiger partial charge in [-0.3, -0.25) is 4.98 Å². The summed E-state index contributed by atoms with van der Waals surface area (Å²) in [6.45, 7) is 0. The molecule has 4 nitrogen and oxygen atoms in total. The zero-order valence-electron chi connectivity index (χ0n) is 16.5. The quantitative estimate of drug-likeness (QED) is 0.314. The van der Waals surface area contributed by atoms with E-state index in [0.717, 1.165) is 5.69 Å². The van der Waals surface area contributed by atoms with Crippen LogP contribution >= 0.6 is 28.1 Å². The number of anilines is 1. The molecule has 5 rings (SSSR count). The molecule has 8 heteroatoms. The van der Waals surface area contributed by atoms with Crippen molar-refractivity contribution in [3.63, 3.8) is 0 Å². The van der Waals surface area contributed by atoms with Crippen LogP contribution in [0.15, 0.2) is 87.9 Å². The van der Waals surface area contributed by atoms with E-state index < -0.39 is 11.9 Å². The molecule has 0 saturated carbocycles. The molecule has 1 saturated heterocycles. The largest absolute Gasteiger partial charge is 0.459 e. The predicted molar refractivity (Wildman–Crippen MR) is 126 cm³/mol. The van der Waals surface area contributed by atoms with Gasteiger partial charge in [0.2, 0.25) is 0 Å². The van der Waals surface area contributed by atoms with E-state index in [1.54, 1.807) is 36.5 Å². The van der Waals surface area contributed by atoms with Crippen molar-refractivity contribution in [3.8, 4) is 11.3 Å². The minimum absolute atomic E-state index is 0.317. The molecule has 1 aliphatic rings. The molecular weight excluding hydrogens is 496 g/mol. The molecule has 32 heavy (non-hydrogen) atoms. The van der Waals surface area contributed by atoms with Gasteiger partial charge in [0.15, 0.2) is 5.11 Å². The normalized spacial score (nSPS) is 18.1. The highest BCUT2D eigenvalue weighted by molar-refractivity contribution is 9.10. The average molecular weight is 512 g/mol. The first kappa shape index (κ1) is 20.8. The predicted octanol–water partition coefficient (Wildman–Crippen LogP) is 6.56. The van der Waals surface area contributed by atoms with Crippen molar-refractivity contribution in [2.24, 2.45) is 0 Å². The van der Waals surface area contributed by atoms with Gasteiger partial charge in [-0.2, -0.15) is 0 Å². The van der Waals surface area contributed by atoms with Crippen LogP contribution in [0, 0.1) is 11.6 Å². The second-order valence-electron chi connectivity index (χ2n) is 7.30. The van der Waals surface area contributed by atoms with Gasteiger partial charge in [0, 0.05) is 16.4 Å². The standard InChI is InChI=1S/C24H16BrF2N3OS/c25-14-4-9-17(18(27)13-14)20-10-11-21(31-20)23-22(19-3-1-2-12-28-19)29-24(32)30(23)16-7-5-15(26)6-8-16/h1-13,22-23H,(H,29,32)/t22-,23-/m0/s1. The summed E-state index contributed by atoms with van der Waals surface area (Å²) in [7, 11) is 0. The third-order valence-electron chi connectivity index (χ3n) is 5.32. The van der Waals surface area contributed by atoms with Gasteiger partial charge in [-0.1, -0.05) is 22.0 Å². The lowest BCUT2D eigenvalue weighted by Crippen LogP contribution is -2.29. The second-order valence-corrected chi connectivity index (χ2v) is 8.60. The van der Waals surface area contributed by atoms with Crippen LogP contribution in [0.5, 0.6) is 0 Å². The van der Waals surface area contributed by atoms with E-state index >= 15 is 0 Å². The van der Waals surface area contributed by atoms with Crippen LogP contribution in [0.3, 0.4) is 0 Å². The average Bonchev–Trinajstić information content (AvgIpc) is 3.39. The Morgan fingerprint density at radius 3 is 2.53 bits per heavy atom. The number of rotatable bonds is 4. The fourth-order valence-corrected chi connectivity index (χ4v) is 4.55. The zero-order valence-corrected chi connectivity index (χ0v) is 18.9. The molecule has 0 radical (unpaired) electrons.